The Bertz CT molecular complexity index is 99.0. The average Bonchev–Trinajstić information content (AvgIpc) is 1.82. The minimum atomic E-state index is -0.155. The van der Waals surface area contributed by atoms with Gasteiger partial charge in [-0.15, -0.1) is 0 Å². The van der Waals surface area contributed by atoms with Crippen LogP contribution in [0.15, 0.2) is 0 Å². The van der Waals surface area contributed by atoms with Crippen LogP contribution >= 0.6 is 11.8 Å². The first kappa shape index (κ1) is 9.66. The second-order valence-electron chi connectivity index (χ2n) is 1.75. The number of hydrogen-bond acceptors (Lipinski definition) is 3. The molecule has 1 atom stereocenters. The number of aliphatic hydroxyl groups is 1. The van der Waals surface area contributed by atoms with E-state index in [1.54, 1.807) is 11.8 Å². The summed E-state index contributed by atoms with van der Waals surface area (Å²) in [4.78, 5) is 0. The first-order chi connectivity index (χ1) is 4.18. The summed E-state index contributed by atoms with van der Waals surface area (Å²) >= 11 is 3.80. The van der Waals surface area contributed by atoms with Gasteiger partial charge in [-0.3, -0.25) is 0 Å². The molecule has 0 amide bonds. The Hall–Kier alpha value is 0.659. The van der Waals surface area contributed by atoms with Gasteiger partial charge in [0.1, 0.15) is 0 Å². The number of nitrogens with two attached hydrogens (primary N) is 1. The topological polar surface area (TPSA) is 46.2 Å². The van der Waals surface area contributed by atoms with E-state index in [9.17, 15) is 0 Å². The summed E-state index contributed by atoms with van der Waals surface area (Å²) in [6.45, 7) is 0. The Labute approximate surface area is 67.6 Å². The van der Waals surface area contributed by atoms with Gasteiger partial charge in [0.15, 0.2) is 0 Å². The summed E-state index contributed by atoms with van der Waals surface area (Å²) in [6, 6.07) is -0.155. The SMILES string of the molecule is CSCCC(N)C(O)=[SeH]. The molecule has 4 heteroatoms. The van der Waals surface area contributed by atoms with Crippen LogP contribution in [0.4, 0.5) is 0 Å². The van der Waals surface area contributed by atoms with Crippen LogP contribution in [0.25, 0.3) is 0 Å². The van der Waals surface area contributed by atoms with Gasteiger partial charge >= 0.3 is 67.3 Å². The van der Waals surface area contributed by atoms with E-state index in [1.165, 1.54) is 0 Å². The van der Waals surface area contributed by atoms with E-state index in [4.69, 9.17) is 10.8 Å². The molecule has 0 rings (SSSR count). The van der Waals surface area contributed by atoms with Crippen molar-refractivity contribution in [3.8, 4) is 0 Å². The maximum atomic E-state index is 8.80. The summed E-state index contributed by atoms with van der Waals surface area (Å²) in [6.07, 6.45) is 2.87. The molecule has 9 heavy (non-hydrogen) atoms. The molecule has 0 heterocycles. The standard InChI is InChI=1S/C5H12NOSSe/c1-8-3-2-4(6)5(7)9/h4,7,9H,2-3,6H2,1H3. The molecule has 0 aromatic heterocycles. The van der Waals surface area contributed by atoms with Gasteiger partial charge in [-0.1, -0.05) is 0 Å². The van der Waals surface area contributed by atoms with Crippen molar-refractivity contribution >= 4 is 31.9 Å². The van der Waals surface area contributed by atoms with Gasteiger partial charge < -0.3 is 0 Å². The molecule has 1 radical (unpaired) electrons. The molecular weight excluding hydrogens is 201 g/mol. The molecule has 0 fully saturated rings. The Morgan fingerprint density at radius 3 is 2.78 bits per heavy atom. The fourth-order valence-electron chi connectivity index (χ4n) is 0.374. The Morgan fingerprint density at radius 1 is 1.89 bits per heavy atom. The van der Waals surface area contributed by atoms with E-state index < -0.39 is 0 Å². The van der Waals surface area contributed by atoms with Crippen LogP contribution in [0.1, 0.15) is 6.42 Å². The molecule has 0 saturated carbocycles. The van der Waals surface area contributed by atoms with Crippen LogP contribution in [0.5, 0.6) is 0 Å². The van der Waals surface area contributed by atoms with E-state index in [-0.39, 0.29) is 10.6 Å². The minimum absolute atomic E-state index is 0.155. The predicted molar refractivity (Wildman–Crippen MR) is 45.1 cm³/mol. The molecule has 0 spiro atoms. The van der Waals surface area contributed by atoms with Gasteiger partial charge in [0.2, 0.25) is 0 Å². The first-order valence-electron chi connectivity index (χ1n) is 2.67. The molecule has 0 saturated heterocycles. The zero-order valence-corrected chi connectivity index (χ0v) is 8.06. The molecule has 0 bridgehead atoms. The first-order valence-corrected chi connectivity index (χ1v) is 5.01. The number of aliphatic hydroxyl groups excluding tert-OH is 1. The normalized spacial score (nSPS) is 13.2. The van der Waals surface area contributed by atoms with E-state index >= 15 is 0 Å². The molecule has 0 aliphatic rings. The summed E-state index contributed by atoms with van der Waals surface area (Å²) in [5.74, 6) is 1.00. The molecule has 3 N–H and O–H groups in total. The second-order valence-corrected chi connectivity index (χ2v) is 3.69. The van der Waals surface area contributed by atoms with Crippen molar-refractivity contribution in [2.45, 2.75) is 12.5 Å². The predicted octanol–water partition coefficient (Wildman–Crippen LogP) is -0.530. The average molecular weight is 213 g/mol. The summed E-state index contributed by atoms with van der Waals surface area (Å²) in [5, 5.41) is 8.80. The molecule has 2 nitrogen and oxygen atoms in total. The van der Waals surface area contributed by atoms with Crippen LogP contribution in [0, 0.1) is 0 Å². The molecule has 0 aromatic carbocycles. The third-order valence-electron chi connectivity index (χ3n) is 0.965. The van der Waals surface area contributed by atoms with E-state index in [0.717, 1.165) is 12.2 Å². The zero-order chi connectivity index (χ0) is 7.28. The molecule has 0 aliphatic carbocycles. The molecule has 0 aromatic rings. The third kappa shape index (κ3) is 5.12. The van der Waals surface area contributed by atoms with Gasteiger partial charge in [0.05, 0.1) is 0 Å². The fourth-order valence-corrected chi connectivity index (χ4v) is 1.13. The van der Waals surface area contributed by atoms with Gasteiger partial charge in [0.25, 0.3) is 0 Å². The van der Waals surface area contributed by atoms with Gasteiger partial charge in [0, 0.05) is 0 Å². The van der Waals surface area contributed by atoms with Crippen LogP contribution < -0.4 is 5.73 Å². The zero-order valence-electron chi connectivity index (χ0n) is 5.37. The van der Waals surface area contributed by atoms with Crippen LogP contribution in [0.2, 0.25) is 0 Å². The molecule has 55 valence electrons. The number of thioether (sulfide) groups is 1. The maximum absolute atomic E-state index is 8.80. The van der Waals surface area contributed by atoms with E-state index in [1.807, 2.05) is 6.26 Å². The van der Waals surface area contributed by atoms with Crippen molar-refractivity contribution in [2.24, 2.45) is 5.73 Å². The Kier molecular flexibility index (Phi) is 5.84. The van der Waals surface area contributed by atoms with Crippen molar-refractivity contribution in [1.29, 1.82) is 0 Å². The quantitative estimate of drug-likeness (QED) is 0.617. The van der Waals surface area contributed by atoms with E-state index in [0.29, 0.717) is 0 Å². The molecule has 0 aliphatic heterocycles. The molecule has 1 unspecified atom stereocenters. The summed E-state index contributed by atoms with van der Waals surface area (Å²) in [7, 11) is 0. The van der Waals surface area contributed by atoms with Gasteiger partial charge in [-0.2, -0.15) is 0 Å². The Morgan fingerprint density at radius 2 is 2.44 bits per heavy atom. The van der Waals surface area contributed by atoms with Crippen LogP contribution in [0.3, 0.4) is 0 Å². The molecular formula is C5H12NOSSe. The number of hydrogen-bond donors (Lipinski definition) is 2. The van der Waals surface area contributed by atoms with Crippen LogP contribution in [-0.2, 0) is 0 Å². The van der Waals surface area contributed by atoms with Crippen molar-refractivity contribution in [3.05, 3.63) is 0 Å². The van der Waals surface area contributed by atoms with Crippen molar-refractivity contribution in [2.75, 3.05) is 12.0 Å². The summed E-state index contributed by atoms with van der Waals surface area (Å²) < 4.78 is 0.275. The fraction of sp³-hybridized carbons (Fsp3) is 0.800. The second kappa shape index (κ2) is 5.44. The van der Waals surface area contributed by atoms with Gasteiger partial charge in [-0.25, -0.2) is 0 Å². The number of rotatable bonds is 4. The Balaban J connectivity index is 3.27. The van der Waals surface area contributed by atoms with Crippen molar-refractivity contribution in [3.63, 3.8) is 0 Å². The van der Waals surface area contributed by atoms with Crippen molar-refractivity contribution < 1.29 is 5.11 Å². The monoisotopic (exact) mass is 214 g/mol. The van der Waals surface area contributed by atoms with Gasteiger partial charge in [-0.05, 0) is 0 Å². The third-order valence-corrected chi connectivity index (χ3v) is 2.30. The van der Waals surface area contributed by atoms with Crippen molar-refractivity contribution in [1.82, 2.24) is 0 Å². The van der Waals surface area contributed by atoms with Crippen LogP contribution in [-0.4, -0.2) is 43.3 Å². The summed E-state index contributed by atoms with van der Waals surface area (Å²) in [5.41, 5.74) is 5.49. The van der Waals surface area contributed by atoms with E-state index in [2.05, 4.69) is 15.6 Å².